The molecular formula is C11H19N3O3S. The van der Waals surface area contributed by atoms with Gasteiger partial charge in [0.05, 0.1) is 6.26 Å². The summed E-state index contributed by atoms with van der Waals surface area (Å²) >= 11 is 0. The summed E-state index contributed by atoms with van der Waals surface area (Å²) in [6.45, 7) is 0.713. The quantitative estimate of drug-likeness (QED) is 0.844. The maximum atomic E-state index is 11.3. The summed E-state index contributed by atoms with van der Waals surface area (Å²) in [4.78, 5) is 2.02. The van der Waals surface area contributed by atoms with Gasteiger partial charge in [0.15, 0.2) is 0 Å². The number of fused-ring (bicyclic) bond motifs is 1. The molecule has 1 aliphatic rings. The molecule has 0 aromatic carbocycles. The molecule has 1 aromatic rings. The number of nitrogens with zero attached hydrogens (tertiary/aromatic N) is 2. The van der Waals surface area contributed by atoms with Crippen LogP contribution in [0.4, 0.5) is 0 Å². The van der Waals surface area contributed by atoms with Crippen LogP contribution >= 0.6 is 0 Å². The number of sulfonamides is 1. The smallest absolute Gasteiger partial charge is 0.208 e. The molecule has 1 heterocycles. The minimum Gasteiger partial charge on any atom is -0.361 e. The molecule has 2 rings (SSSR count). The summed E-state index contributed by atoms with van der Waals surface area (Å²) in [6.07, 6.45) is 3.35. The molecule has 1 N–H and O–H groups in total. The Hall–Kier alpha value is -0.920. The molecule has 0 saturated heterocycles. The first-order valence-corrected chi connectivity index (χ1v) is 7.82. The zero-order valence-corrected chi connectivity index (χ0v) is 11.7. The van der Waals surface area contributed by atoms with Crippen LogP contribution in [0, 0.1) is 0 Å². The van der Waals surface area contributed by atoms with Gasteiger partial charge in [-0.3, -0.25) is 0 Å². The van der Waals surface area contributed by atoms with Crippen molar-refractivity contribution in [1.29, 1.82) is 0 Å². The Labute approximate surface area is 107 Å². The molecular weight excluding hydrogens is 254 g/mol. The number of rotatable bonds is 4. The Morgan fingerprint density at radius 3 is 2.83 bits per heavy atom. The molecule has 0 spiro atoms. The molecule has 0 fully saturated rings. The van der Waals surface area contributed by atoms with Gasteiger partial charge < -0.3 is 9.42 Å². The monoisotopic (exact) mass is 273 g/mol. The molecule has 0 saturated carbocycles. The number of aryl methyl sites for hydroxylation is 1. The van der Waals surface area contributed by atoms with Crippen LogP contribution in [0.1, 0.15) is 23.4 Å². The van der Waals surface area contributed by atoms with Gasteiger partial charge in [0.25, 0.3) is 0 Å². The molecule has 6 nitrogen and oxygen atoms in total. The third-order valence-corrected chi connectivity index (χ3v) is 3.73. The largest absolute Gasteiger partial charge is 0.361 e. The zero-order valence-electron chi connectivity index (χ0n) is 10.9. The molecule has 102 valence electrons. The van der Waals surface area contributed by atoms with E-state index in [4.69, 9.17) is 4.52 Å². The summed E-state index contributed by atoms with van der Waals surface area (Å²) in [5.41, 5.74) is 1.98. The molecule has 0 bridgehead atoms. The second kappa shape index (κ2) is 4.99. The average molecular weight is 273 g/mol. The lowest BCUT2D eigenvalue weighted by atomic mass is 9.92. The summed E-state index contributed by atoms with van der Waals surface area (Å²) in [5, 5.41) is 4.07. The first kappa shape index (κ1) is 13.5. The van der Waals surface area contributed by atoms with Crippen molar-refractivity contribution in [3.05, 3.63) is 17.0 Å². The van der Waals surface area contributed by atoms with E-state index in [2.05, 4.69) is 9.88 Å². The number of aromatic nitrogens is 1. The van der Waals surface area contributed by atoms with Crippen LogP contribution in [0.15, 0.2) is 4.52 Å². The zero-order chi connectivity index (χ0) is 13.3. The Kier molecular flexibility index (Phi) is 3.74. The van der Waals surface area contributed by atoms with E-state index in [9.17, 15) is 8.42 Å². The lowest BCUT2D eigenvalue weighted by Gasteiger charge is -2.21. The highest BCUT2D eigenvalue weighted by Gasteiger charge is 2.27. The van der Waals surface area contributed by atoms with Gasteiger partial charge in [-0.25, -0.2) is 13.1 Å². The van der Waals surface area contributed by atoms with E-state index in [1.165, 1.54) is 6.26 Å². The van der Waals surface area contributed by atoms with Crippen molar-refractivity contribution in [1.82, 2.24) is 14.8 Å². The van der Waals surface area contributed by atoms with Crippen LogP contribution in [0.3, 0.4) is 0 Å². The topological polar surface area (TPSA) is 75.4 Å². The van der Waals surface area contributed by atoms with Gasteiger partial charge in [0, 0.05) is 24.6 Å². The fourth-order valence-corrected chi connectivity index (χ4v) is 3.10. The predicted octanol–water partition coefficient (Wildman–Crippen LogP) is 0.143. The maximum Gasteiger partial charge on any atom is 0.208 e. The van der Waals surface area contributed by atoms with E-state index in [-0.39, 0.29) is 6.04 Å². The van der Waals surface area contributed by atoms with E-state index >= 15 is 0 Å². The average Bonchev–Trinajstić information content (AvgIpc) is 2.58. The van der Waals surface area contributed by atoms with Crippen molar-refractivity contribution in [2.75, 3.05) is 20.4 Å². The van der Waals surface area contributed by atoms with Crippen molar-refractivity contribution in [2.45, 2.75) is 31.8 Å². The van der Waals surface area contributed by atoms with Gasteiger partial charge in [-0.2, -0.15) is 0 Å². The van der Waals surface area contributed by atoms with Crippen LogP contribution in [0.25, 0.3) is 0 Å². The van der Waals surface area contributed by atoms with E-state index in [1.807, 2.05) is 19.0 Å². The second-order valence-electron chi connectivity index (χ2n) is 5.10. The van der Waals surface area contributed by atoms with Crippen molar-refractivity contribution >= 4 is 10.0 Å². The Balaban J connectivity index is 2.14. The number of hydrogen-bond acceptors (Lipinski definition) is 5. The first-order valence-electron chi connectivity index (χ1n) is 5.93. The molecule has 1 unspecified atom stereocenters. The molecule has 0 radical (unpaired) electrons. The predicted molar refractivity (Wildman–Crippen MR) is 67.7 cm³/mol. The molecule has 1 atom stereocenters. The Bertz CT molecular complexity index is 522. The van der Waals surface area contributed by atoms with E-state index in [0.29, 0.717) is 13.0 Å². The second-order valence-corrected chi connectivity index (χ2v) is 6.88. The van der Waals surface area contributed by atoms with E-state index < -0.39 is 10.0 Å². The summed E-state index contributed by atoms with van der Waals surface area (Å²) < 4.78 is 30.5. The minimum atomic E-state index is -3.16. The fourth-order valence-electron chi connectivity index (χ4n) is 2.29. The van der Waals surface area contributed by atoms with Crippen molar-refractivity contribution in [3.63, 3.8) is 0 Å². The molecule has 0 aliphatic heterocycles. The SMILES string of the molecule is CN(C)Cc1noc2c1CC(NS(C)(=O)=O)CC2. The lowest BCUT2D eigenvalue weighted by Crippen LogP contribution is -2.38. The first-order chi connectivity index (χ1) is 8.35. The van der Waals surface area contributed by atoms with Crippen LogP contribution in [0.2, 0.25) is 0 Å². The van der Waals surface area contributed by atoms with Gasteiger partial charge in [0.2, 0.25) is 10.0 Å². The third kappa shape index (κ3) is 3.30. The van der Waals surface area contributed by atoms with Gasteiger partial charge in [-0.05, 0) is 26.9 Å². The Morgan fingerprint density at radius 1 is 1.50 bits per heavy atom. The molecule has 18 heavy (non-hydrogen) atoms. The van der Waals surface area contributed by atoms with Crippen LogP contribution < -0.4 is 4.72 Å². The molecule has 7 heteroatoms. The highest BCUT2D eigenvalue weighted by molar-refractivity contribution is 7.88. The summed E-state index contributed by atoms with van der Waals surface area (Å²) in [6, 6.07) is -0.0483. The van der Waals surface area contributed by atoms with Gasteiger partial charge in [0.1, 0.15) is 11.5 Å². The third-order valence-electron chi connectivity index (χ3n) is 2.97. The maximum absolute atomic E-state index is 11.3. The fraction of sp³-hybridized carbons (Fsp3) is 0.727. The molecule has 0 amide bonds. The van der Waals surface area contributed by atoms with Crippen LogP contribution in [-0.4, -0.2) is 44.9 Å². The highest BCUT2D eigenvalue weighted by Crippen LogP contribution is 2.25. The standard InChI is InChI=1S/C11H19N3O3S/c1-14(2)7-10-9-6-8(13-18(3,15)16)4-5-11(9)17-12-10/h8,13H,4-7H2,1-3H3. The van der Waals surface area contributed by atoms with Gasteiger partial charge in [-0.15, -0.1) is 0 Å². The summed E-state index contributed by atoms with van der Waals surface area (Å²) in [5.74, 6) is 0.901. The highest BCUT2D eigenvalue weighted by atomic mass is 32.2. The van der Waals surface area contributed by atoms with Gasteiger partial charge in [-0.1, -0.05) is 5.16 Å². The van der Waals surface area contributed by atoms with Crippen LogP contribution in [0.5, 0.6) is 0 Å². The van der Waals surface area contributed by atoms with Crippen molar-refractivity contribution in [3.8, 4) is 0 Å². The molecule has 1 aromatic heterocycles. The van der Waals surface area contributed by atoms with Crippen molar-refractivity contribution < 1.29 is 12.9 Å². The van der Waals surface area contributed by atoms with Crippen molar-refractivity contribution in [2.24, 2.45) is 0 Å². The molecule has 1 aliphatic carbocycles. The van der Waals surface area contributed by atoms with Gasteiger partial charge >= 0.3 is 0 Å². The minimum absolute atomic E-state index is 0.0483. The van der Waals surface area contributed by atoms with E-state index in [1.54, 1.807) is 0 Å². The number of nitrogens with one attached hydrogen (secondary N) is 1. The lowest BCUT2D eigenvalue weighted by molar-refractivity contribution is 0.343. The van der Waals surface area contributed by atoms with E-state index in [0.717, 1.165) is 29.9 Å². The number of hydrogen-bond donors (Lipinski definition) is 1. The van der Waals surface area contributed by atoms with Crippen LogP contribution in [-0.2, 0) is 29.4 Å². The Morgan fingerprint density at radius 2 is 2.22 bits per heavy atom. The normalized spacial score (nSPS) is 20.1. The summed E-state index contributed by atoms with van der Waals surface area (Å²) in [7, 11) is 0.780.